The number of hydrogen-bond donors (Lipinski definition) is 0. The van der Waals surface area contributed by atoms with Gasteiger partial charge in [0.2, 0.25) is 0 Å². The Morgan fingerprint density at radius 2 is 1.82 bits per heavy atom. The number of carbonyl (C=O) groups is 2. The van der Waals surface area contributed by atoms with Crippen molar-refractivity contribution in [3.05, 3.63) is 12.7 Å². The Balaban J connectivity index is 1.72. The number of rotatable bonds is 5. The van der Waals surface area contributed by atoms with E-state index < -0.39 is 0 Å². The van der Waals surface area contributed by atoms with Gasteiger partial charge in [0.05, 0.1) is 0 Å². The molecular formula is C20H30O2. The predicted molar refractivity (Wildman–Crippen MR) is 88.4 cm³/mol. The molecule has 0 aromatic carbocycles. The van der Waals surface area contributed by atoms with E-state index >= 15 is 0 Å². The molecule has 2 heteroatoms. The number of fused-ring (bicyclic) bond motifs is 1. The van der Waals surface area contributed by atoms with Crippen LogP contribution >= 0.6 is 0 Å². The summed E-state index contributed by atoms with van der Waals surface area (Å²) in [5.74, 6) is 4.51. The van der Waals surface area contributed by atoms with Crippen molar-refractivity contribution in [2.24, 2.45) is 35.5 Å². The molecule has 0 bridgehead atoms. The van der Waals surface area contributed by atoms with Crippen LogP contribution in [0, 0.1) is 35.5 Å². The van der Waals surface area contributed by atoms with Gasteiger partial charge in [-0.15, -0.1) is 6.58 Å². The molecule has 0 aliphatic heterocycles. The second-order valence-electron chi connectivity index (χ2n) is 7.78. The Morgan fingerprint density at radius 3 is 2.36 bits per heavy atom. The third-order valence-electron chi connectivity index (χ3n) is 6.94. The SMILES string of the molecule is C=C[C@H](C1CCC(=O)C2CC[C@@H]21)[C@H](CC)C1CCC(=O)CC1. The molecule has 0 radical (unpaired) electrons. The Kier molecular flexibility index (Phi) is 4.84. The van der Waals surface area contributed by atoms with Crippen molar-refractivity contribution < 1.29 is 9.59 Å². The van der Waals surface area contributed by atoms with Crippen LogP contribution in [0.1, 0.15) is 64.7 Å². The van der Waals surface area contributed by atoms with E-state index in [9.17, 15) is 9.59 Å². The zero-order valence-corrected chi connectivity index (χ0v) is 13.9. The second kappa shape index (κ2) is 6.68. The van der Waals surface area contributed by atoms with Gasteiger partial charge in [0, 0.05) is 25.2 Å². The highest BCUT2D eigenvalue weighted by Crippen LogP contribution is 2.52. The van der Waals surface area contributed by atoms with Gasteiger partial charge in [-0.05, 0) is 61.7 Å². The molecule has 0 spiro atoms. The third kappa shape index (κ3) is 2.81. The van der Waals surface area contributed by atoms with Crippen LogP contribution in [0.2, 0.25) is 0 Å². The first kappa shape index (κ1) is 16.0. The fourth-order valence-corrected chi connectivity index (χ4v) is 5.60. The number of hydrogen-bond acceptors (Lipinski definition) is 2. The fourth-order valence-electron chi connectivity index (χ4n) is 5.60. The molecule has 122 valence electrons. The molecule has 0 saturated heterocycles. The van der Waals surface area contributed by atoms with E-state index in [0.717, 1.165) is 44.9 Å². The van der Waals surface area contributed by atoms with Gasteiger partial charge in [-0.1, -0.05) is 19.4 Å². The molecule has 22 heavy (non-hydrogen) atoms. The Labute approximate surface area is 134 Å². The van der Waals surface area contributed by atoms with Crippen molar-refractivity contribution in [2.75, 3.05) is 0 Å². The molecule has 0 aromatic heterocycles. The molecule has 0 heterocycles. The van der Waals surface area contributed by atoms with Crippen LogP contribution in [-0.2, 0) is 9.59 Å². The Hall–Kier alpha value is -0.920. The maximum absolute atomic E-state index is 12.0. The van der Waals surface area contributed by atoms with Crippen LogP contribution in [0.25, 0.3) is 0 Å². The first-order valence-electron chi connectivity index (χ1n) is 9.32. The molecule has 2 nitrogen and oxygen atoms in total. The zero-order valence-electron chi connectivity index (χ0n) is 13.9. The lowest BCUT2D eigenvalue weighted by Crippen LogP contribution is -2.46. The molecule has 3 saturated carbocycles. The van der Waals surface area contributed by atoms with Crippen LogP contribution in [-0.4, -0.2) is 11.6 Å². The summed E-state index contributed by atoms with van der Waals surface area (Å²) < 4.78 is 0. The average Bonchev–Trinajstić information content (AvgIpc) is 2.48. The third-order valence-corrected chi connectivity index (χ3v) is 6.94. The molecule has 5 atom stereocenters. The van der Waals surface area contributed by atoms with Crippen LogP contribution in [0.5, 0.6) is 0 Å². The summed E-state index contributed by atoms with van der Waals surface area (Å²) in [5.41, 5.74) is 0. The standard InChI is InChI=1S/C20H30O2/c1-3-15(13-5-7-14(21)8-6-13)16(4-2)17-11-12-20(22)19-10-9-18(17)19/h4,13,15-19H,2-3,5-12H2,1H3/t15-,16+,17?,18-,19?/m1/s1. The van der Waals surface area contributed by atoms with Crippen LogP contribution in [0.15, 0.2) is 12.7 Å². The van der Waals surface area contributed by atoms with Crippen molar-refractivity contribution in [1.29, 1.82) is 0 Å². The minimum absolute atomic E-state index is 0.367. The normalized spacial score (nSPS) is 35.4. The van der Waals surface area contributed by atoms with E-state index in [-0.39, 0.29) is 0 Å². The predicted octanol–water partition coefficient (Wildman–Crippen LogP) is 4.58. The first-order valence-corrected chi connectivity index (χ1v) is 9.32. The largest absolute Gasteiger partial charge is 0.300 e. The van der Waals surface area contributed by atoms with Crippen molar-refractivity contribution in [3.8, 4) is 0 Å². The minimum Gasteiger partial charge on any atom is -0.300 e. The van der Waals surface area contributed by atoms with Crippen LogP contribution in [0.3, 0.4) is 0 Å². The van der Waals surface area contributed by atoms with Crippen molar-refractivity contribution in [1.82, 2.24) is 0 Å². The van der Waals surface area contributed by atoms with Gasteiger partial charge in [-0.3, -0.25) is 9.59 Å². The van der Waals surface area contributed by atoms with E-state index in [1.807, 2.05) is 0 Å². The molecule has 2 unspecified atom stereocenters. The zero-order chi connectivity index (χ0) is 15.7. The van der Waals surface area contributed by atoms with E-state index in [1.54, 1.807) is 0 Å². The lowest BCUT2D eigenvalue weighted by molar-refractivity contribution is -0.136. The highest BCUT2D eigenvalue weighted by molar-refractivity contribution is 5.83. The number of allylic oxidation sites excluding steroid dienone is 1. The molecule has 3 aliphatic carbocycles. The van der Waals surface area contributed by atoms with Gasteiger partial charge in [-0.25, -0.2) is 0 Å². The molecule has 3 fully saturated rings. The second-order valence-corrected chi connectivity index (χ2v) is 7.78. The molecule has 3 aliphatic rings. The maximum atomic E-state index is 12.0. The summed E-state index contributed by atoms with van der Waals surface area (Å²) in [6, 6.07) is 0. The first-order chi connectivity index (χ1) is 10.7. The number of Topliss-reactive ketones (excluding diaryl/α,β-unsaturated/α-hetero) is 2. The Bertz CT molecular complexity index is 443. The number of carbonyl (C=O) groups excluding carboxylic acids is 2. The summed E-state index contributed by atoms with van der Waals surface area (Å²) in [4.78, 5) is 23.6. The number of ketones is 2. The fraction of sp³-hybridized carbons (Fsp3) is 0.800. The Morgan fingerprint density at radius 1 is 1.09 bits per heavy atom. The van der Waals surface area contributed by atoms with Gasteiger partial charge in [0.25, 0.3) is 0 Å². The van der Waals surface area contributed by atoms with E-state index in [0.29, 0.717) is 47.1 Å². The quantitative estimate of drug-likeness (QED) is 0.697. The molecule has 3 rings (SSSR count). The van der Waals surface area contributed by atoms with Crippen molar-refractivity contribution in [2.45, 2.75) is 64.7 Å². The summed E-state index contributed by atoms with van der Waals surface area (Å²) in [7, 11) is 0. The monoisotopic (exact) mass is 302 g/mol. The van der Waals surface area contributed by atoms with Crippen molar-refractivity contribution >= 4 is 11.6 Å². The highest BCUT2D eigenvalue weighted by atomic mass is 16.1. The maximum Gasteiger partial charge on any atom is 0.136 e. The van der Waals surface area contributed by atoms with E-state index in [4.69, 9.17) is 0 Å². The van der Waals surface area contributed by atoms with Crippen LogP contribution < -0.4 is 0 Å². The van der Waals surface area contributed by atoms with Crippen molar-refractivity contribution in [3.63, 3.8) is 0 Å². The van der Waals surface area contributed by atoms with Gasteiger partial charge in [0.1, 0.15) is 11.6 Å². The van der Waals surface area contributed by atoms with Gasteiger partial charge in [0.15, 0.2) is 0 Å². The minimum atomic E-state index is 0.367. The average molecular weight is 302 g/mol. The topological polar surface area (TPSA) is 34.1 Å². The van der Waals surface area contributed by atoms with Gasteiger partial charge >= 0.3 is 0 Å². The summed E-state index contributed by atoms with van der Waals surface area (Å²) in [6.45, 7) is 6.46. The molecule has 0 N–H and O–H groups in total. The smallest absolute Gasteiger partial charge is 0.136 e. The molecule has 0 amide bonds. The molecular weight excluding hydrogens is 272 g/mol. The summed E-state index contributed by atoms with van der Waals surface area (Å²) >= 11 is 0. The van der Waals surface area contributed by atoms with Crippen LogP contribution in [0.4, 0.5) is 0 Å². The van der Waals surface area contributed by atoms with E-state index in [2.05, 4.69) is 19.6 Å². The lowest BCUT2D eigenvalue weighted by atomic mass is 9.54. The van der Waals surface area contributed by atoms with Gasteiger partial charge < -0.3 is 0 Å². The molecule has 0 aromatic rings. The highest BCUT2D eigenvalue weighted by Gasteiger charge is 2.48. The van der Waals surface area contributed by atoms with Gasteiger partial charge in [-0.2, -0.15) is 0 Å². The lowest BCUT2D eigenvalue weighted by Gasteiger charge is -2.50. The van der Waals surface area contributed by atoms with E-state index in [1.165, 1.54) is 12.8 Å². The summed E-state index contributed by atoms with van der Waals surface area (Å²) in [6.07, 6.45) is 11.3. The summed E-state index contributed by atoms with van der Waals surface area (Å²) in [5, 5.41) is 0.